The Balaban J connectivity index is 2.19. The first-order valence-electron chi connectivity index (χ1n) is 8.43. The Kier molecular flexibility index (Phi) is 5.32. The van der Waals surface area contributed by atoms with E-state index in [0.717, 1.165) is 11.3 Å². The van der Waals surface area contributed by atoms with Crippen molar-refractivity contribution in [3.63, 3.8) is 0 Å². The van der Waals surface area contributed by atoms with Gasteiger partial charge in [0.2, 0.25) is 0 Å². The summed E-state index contributed by atoms with van der Waals surface area (Å²) in [6.07, 6.45) is 0.345. The second-order valence-electron chi connectivity index (χ2n) is 6.14. The molecule has 0 radical (unpaired) electrons. The molecular weight excluding hydrogens is 366 g/mol. The molecule has 0 fully saturated rings. The van der Waals surface area contributed by atoms with Crippen LogP contribution in [0.1, 0.15) is 36.8 Å². The maximum absolute atomic E-state index is 13.0. The van der Waals surface area contributed by atoms with Crippen LogP contribution >= 0.6 is 11.3 Å². The van der Waals surface area contributed by atoms with Gasteiger partial charge in [0.15, 0.2) is 10.5 Å². The van der Waals surface area contributed by atoms with E-state index in [2.05, 4.69) is 0 Å². The van der Waals surface area contributed by atoms with E-state index < -0.39 is 10.8 Å². The van der Waals surface area contributed by atoms with Crippen LogP contribution in [-0.4, -0.2) is 15.8 Å². The summed E-state index contributed by atoms with van der Waals surface area (Å²) in [4.78, 5) is 35.6. The molecule has 27 heavy (non-hydrogen) atoms. The lowest BCUT2D eigenvalue weighted by Gasteiger charge is -2.18. The second kappa shape index (κ2) is 7.67. The number of nitro groups is 1. The van der Waals surface area contributed by atoms with E-state index >= 15 is 0 Å². The number of aromatic hydroxyl groups is 1. The first kappa shape index (κ1) is 18.7. The Hall–Kier alpha value is -3.06. The molecule has 0 spiro atoms. The van der Waals surface area contributed by atoms with Crippen molar-refractivity contribution in [1.82, 2.24) is 0 Å². The van der Waals surface area contributed by atoms with Crippen LogP contribution in [0.4, 0.5) is 5.69 Å². The molecule has 2 aromatic carbocycles. The van der Waals surface area contributed by atoms with Crippen molar-refractivity contribution < 1.29 is 14.8 Å². The molecule has 1 atom stereocenters. The Morgan fingerprint density at radius 3 is 2.48 bits per heavy atom. The van der Waals surface area contributed by atoms with Crippen LogP contribution in [-0.2, 0) is 4.79 Å². The summed E-state index contributed by atoms with van der Waals surface area (Å²) in [6, 6.07) is 12.7. The molecule has 0 saturated carbocycles. The largest absolute Gasteiger partial charge is 0.499 e. The van der Waals surface area contributed by atoms with Gasteiger partial charge in [-0.15, -0.1) is 0 Å². The van der Waals surface area contributed by atoms with Crippen LogP contribution in [0.5, 0.6) is 5.06 Å². The van der Waals surface area contributed by atoms with Crippen LogP contribution in [0.2, 0.25) is 0 Å². The minimum Gasteiger partial charge on any atom is -0.499 e. The number of fused-ring (bicyclic) bond motifs is 1. The van der Waals surface area contributed by atoms with Crippen molar-refractivity contribution in [2.45, 2.75) is 25.7 Å². The normalized spacial score (nSPS) is 12.0. The highest BCUT2D eigenvalue weighted by Gasteiger charge is 2.25. The first-order chi connectivity index (χ1) is 12.9. The Bertz CT molecular complexity index is 1070. The summed E-state index contributed by atoms with van der Waals surface area (Å²) in [5, 5.41) is 21.8. The van der Waals surface area contributed by atoms with Crippen LogP contribution in [0.25, 0.3) is 10.1 Å². The molecule has 0 saturated heterocycles. The van der Waals surface area contributed by atoms with Gasteiger partial charge in [0.05, 0.1) is 10.5 Å². The van der Waals surface area contributed by atoms with Crippen molar-refractivity contribution in [3.8, 4) is 5.06 Å². The zero-order chi connectivity index (χ0) is 19.6. The second-order valence-corrected chi connectivity index (χ2v) is 7.17. The Labute approximate surface area is 158 Å². The quantitative estimate of drug-likeness (QED) is 0.503. The summed E-state index contributed by atoms with van der Waals surface area (Å²) >= 11 is 1.08. The lowest BCUT2D eigenvalue weighted by atomic mass is 9.87. The first-order valence-corrected chi connectivity index (χ1v) is 9.24. The molecule has 1 heterocycles. The van der Waals surface area contributed by atoms with Crippen LogP contribution < -0.4 is 5.43 Å². The third-order valence-electron chi connectivity index (χ3n) is 4.49. The molecule has 0 aliphatic carbocycles. The van der Waals surface area contributed by atoms with Gasteiger partial charge < -0.3 is 5.11 Å². The number of hydrogen-bond donors (Lipinski definition) is 1. The molecule has 1 N–H and O–H groups in total. The smallest absolute Gasteiger partial charge is 0.269 e. The number of Topliss-reactive ketones (excluding diaryl/α,β-unsaturated/α-hetero) is 1. The number of carbonyl (C=O) groups excluding carboxylic acids is 1. The molecule has 6 nitrogen and oxygen atoms in total. The van der Waals surface area contributed by atoms with E-state index in [-0.39, 0.29) is 33.9 Å². The zero-order valence-electron chi connectivity index (χ0n) is 14.5. The molecule has 0 amide bonds. The molecule has 7 heteroatoms. The van der Waals surface area contributed by atoms with Crippen LogP contribution in [0.3, 0.4) is 0 Å². The van der Waals surface area contributed by atoms with Crippen molar-refractivity contribution in [3.05, 3.63) is 80.0 Å². The number of nitrogens with zero attached hydrogens (tertiary/aromatic N) is 1. The summed E-state index contributed by atoms with van der Waals surface area (Å²) in [5.74, 6) is -0.720. The van der Waals surface area contributed by atoms with E-state index in [1.165, 1.54) is 24.3 Å². The molecule has 0 aliphatic heterocycles. The van der Waals surface area contributed by atoms with Gasteiger partial charge in [-0.2, -0.15) is 0 Å². The topological polar surface area (TPSA) is 97.5 Å². The number of hydrogen-bond acceptors (Lipinski definition) is 6. The summed E-state index contributed by atoms with van der Waals surface area (Å²) in [7, 11) is 0. The summed E-state index contributed by atoms with van der Waals surface area (Å²) < 4.78 is 0.660. The molecule has 3 aromatic rings. The molecule has 138 valence electrons. The lowest BCUT2D eigenvalue weighted by molar-refractivity contribution is -0.384. The minimum atomic E-state index is -0.661. The molecule has 1 aromatic heterocycles. The van der Waals surface area contributed by atoms with Gasteiger partial charge in [-0.05, 0) is 17.7 Å². The molecular formula is C20H17NO5S. The third kappa shape index (κ3) is 3.73. The van der Waals surface area contributed by atoms with Crippen LogP contribution in [0, 0.1) is 10.1 Å². The summed E-state index contributed by atoms with van der Waals surface area (Å²) in [5.41, 5.74) is 0.341. The van der Waals surface area contributed by atoms with Crippen molar-refractivity contribution >= 4 is 32.9 Å². The molecule has 0 bridgehead atoms. The Morgan fingerprint density at radius 1 is 1.19 bits per heavy atom. The molecule has 3 rings (SSSR count). The highest BCUT2D eigenvalue weighted by molar-refractivity contribution is 7.20. The minimum absolute atomic E-state index is 0.0438. The highest BCUT2D eigenvalue weighted by atomic mass is 32.1. The van der Waals surface area contributed by atoms with Gasteiger partial charge in [-0.3, -0.25) is 19.7 Å². The number of ketones is 1. The average Bonchev–Trinajstić information content (AvgIpc) is 2.67. The number of nitro benzene ring substituents is 1. The molecule has 1 unspecified atom stereocenters. The maximum Gasteiger partial charge on any atom is 0.269 e. The van der Waals surface area contributed by atoms with Gasteiger partial charge in [-0.25, -0.2) is 0 Å². The fourth-order valence-corrected chi connectivity index (χ4v) is 4.01. The Morgan fingerprint density at radius 2 is 1.85 bits per heavy atom. The number of non-ortho nitro benzene ring substituents is 1. The predicted octanol–water partition coefficient (Wildman–Crippen LogP) is 4.38. The highest BCUT2D eigenvalue weighted by Crippen LogP contribution is 2.37. The third-order valence-corrected chi connectivity index (χ3v) is 5.48. The van der Waals surface area contributed by atoms with Gasteiger partial charge in [0.1, 0.15) is 5.78 Å². The number of benzene rings is 2. The van der Waals surface area contributed by atoms with Gasteiger partial charge in [0.25, 0.3) is 5.69 Å². The average molecular weight is 383 g/mol. The van der Waals surface area contributed by atoms with E-state index in [0.29, 0.717) is 22.1 Å². The van der Waals surface area contributed by atoms with Gasteiger partial charge in [0, 0.05) is 41.0 Å². The van der Waals surface area contributed by atoms with E-state index in [4.69, 9.17) is 0 Å². The van der Waals surface area contributed by atoms with Crippen molar-refractivity contribution in [2.24, 2.45) is 0 Å². The maximum atomic E-state index is 13.0. The monoisotopic (exact) mass is 383 g/mol. The number of carbonyl (C=O) groups is 1. The standard InChI is InChI=1S/C20H17NO5S/c1-2-14(22)11-16(12-7-9-13(10-8-12)21(25)26)18-19(23)15-5-3-4-6-17(15)27-20(18)24/h3-10,16,24H,2,11H2,1H3. The van der Waals surface area contributed by atoms with Gasteiger partial charge in [-0.1, -0.05) is 42.5 Å². The van der Waals surface area contributed by atoms with Crippen molar-refractivity contribution in [2.75, 3.05) is 0 Å². The number of rotatable bonds is 6. The van der Waals surface area contributed by atoms with E-state index in [9.17, 15) is 24.8 Å². The summed E-state index contributed by atoms with van der Waals surface area (Å²) in [6.45, 7) is 1.73. The predicted molar refractivity (Wildman–Crippen MR) is 105 cm³/mol. The fraction of sp³-hybridized carbons (Fsp3) is 0.200. The lowest BCUT2D eigenvalue weighted by Crippen LogP contribution is -2.17. The van der Waals surface area contributed by atoms with Gasteiger partial charge >= 0.3 is 0 Å². The molecule has 0 aliphatic rings. The van der Waals surface area contributed by atoms with E-state index in [1.54, 1.807) is 31.2 Å². The van der Waals surface area contributed by atoms with Crippen LogP contribution in [0.15, 0.2) is 53.3 Å². The SMILES string of the molecule is CCC(=O)CC(c1ccc([N+](=O)[O-])cc1)c1c(O)sc2ccccc2c1=O. The van der Waals surface area contributed by atoms with Crippen molar-refractivity contribution in [1.29, 1.82) is 0 Å². The fourth-order valence-electron chi connectivity index (χ4n) is 3.04. The zero-order valence-corrected chi connectivity index (χ0v) is 15.4. The van der Waals surface area contributed by atoms with E-state index in [1.807, 2.05) is 0 Å².